The summed E-state index contributed by atoms with van der Waals surface area (Å²) in [7, 11) is 0. The second-order valence-electron chi connectivity index (χ2n) is 2.01. The van der Waals surface area contributed by atoms with Gasteiger partial charge in [-0.1, -0.05) is 46.4 Å². The molecular weight excluding hydrogens is 246 g/mol. The first-order valence-corrected chi connectivity index (χ1v) is 5.20. The predicted octanol–water partition coefficient (Wildman–Crippen LogP) is 4.46. The molecule has 0 saturated heterocycles. The first-order valence-electron chi connectivity index (χ1n) is 2.81. The molecule has 1 unspecified atom stereocenters. The van der Waals surface area contributed by atoms with Crippen LogP contribution in [0.2, 0.25) is 0 Å². The zero-order valence-corrected chi connectivity index (χ0v) is 9.34. The predicted molar refractivity (Wildman–Crippen MR) is 54.5 cm³/mol. The molecular formula is C6H4Cl4S. The third kappa shape index (κ3) is 2.02. The highest BCUT2D eigenvalue weighted by molar-refractivity contribution is 8.05. The van der Waals surface area contributed by atoms with E-state index in [1.807, 2.05) is 6.92 Å². The summed E-state index contributed by atoms with van der Waals surface area (Å²) in [6.45, 7) is 1.92. The fraction of sp³-hybridized carbons (Fsp3) is 0.333. The van der Waals surface area contributed by atoms with Crippen LogP contribution in [0.15, 0.2) is 19.5 Å². The third-order valence-corrected chi connectivity index (χ3v) is 4.49. The van der Waals surface area contributed by atoms with Crippen molar-refractivity contribution in [3.05, 3.63) is 19.5 Å². The summed E-state index contributed by atoms with van der Waals surface area (Å²) in [6, 6.07) is 0. The normalized spacial score (nSPS) is 26.5. The van der Waals surface area contributed by atoms with Crippen molar-refractivity contribution in [3.63, 3.8) is 0 Å². The standard InChI is InChI=1S/C6H4Cl4S/c1-2-3(7)4(8)5(9)6(10)11-2/h2H,1H3. The highest BCUT2D eigenvalue weighted by atomic mass is 35.5. The van der Waals surface area contributed by atoms with Gasteiger partial charge in [0.2, 0.25) is 0 Å². The molecule has 11 heavy (non-hydrogen) atoms. The number of thioether (sulfide) groups is 1. The molecule has 0 spiro atoms. The smallest absolute Gasteiger partial charge is 0.0943 e. The van der Waals surface area contributed by atoms with Gasteiger partial charge in [0, 0.05) is 5.25 Å². The Balaban J connectivity index is 3.07. The Bertz CT molecular complexity index is 243. The van der Waals surface area contributed by atoms with Gasteiger partial charge in [-0.25, -0.2) is 0 Å². The molecule has 0 aromatic carbocycles. The van der Waals surface area contributed by atoms with E-state index in [9.17, 15) is 0 Å². The fourth-order valence-electron chi connectivity index (χ4n) is 0.628. The van der Waals surface area contributed by atoms with Crippen molar-refractivity contribution in [1.82, 2.24) is 0 Å². The summed E-state index contributed by atoms with van der Waals surface area (Å²) < 4.78 is 0.508. The van der Waals surface area contributed by atoms with Crippen LogP contribution in [0.1, 0.15) is 6.92 Å². The van der Waals surface area contributed by atoms with Crippen molar-refractivity contribution >= 4 is 58.2 Å². The van der Waals surface area contributed by atoms with Crippen LogP contribution < -0.4 is 0 Å². The van der Waals surface area contributed by atoms with E-state index in [4.69, 9.17) is 46.4 Å². The molecule has 1 aliphatic heterocycles. The van der Waals surface area contributed by atoms with Crippen LogP contribution in [-0.2, 0) is 0 Å². The summed E-state index contributed by atoms with van der Waals surface area (Å²) in [5.41, 5.74) is 0. The van der Waals surface area contributed by atoms with E-state index in [1.165, 1.54) is 11.8 Å². The maximum absolute atomic E-state index is 5.83. The highest BCUT2D eigenvalue weighted by Gasteiger charge is 2.23. The van der Waals surface area contributed by atoms with Gasteiger partial charge in [0.15, 0.2) is 0 Å². The van der Waals surface area contributed by atoms with E-state index in [0.29, 0.717) is 19.5 Å². The average Bonchev–Trinajstić information content (AvgIpc) is 1.97. The number of hydrogen-bond donors (Lipinski definition) is 0. The van der Waals surface area contributed by atoms with Crippen molar-refractivity contribution in [2.75, 3.05) is 0 Å². The molecule has 0 aromatic heterocycles. The lowest BCUT2D eigenvalue weighted by molar-refractivity contribution is 1.21. The van der Waals surface area contributed by atoms with Gasteiger partial charge in [-0.2, -0.15) is 0 Å². The molecule has 0 nitrogen and oxygen atoms in total. The molecule has 0 aromatic rings. The van der Waals surface area contributed by atoms with E-state index in [2.05, 4.69) is 0 Å². The Morgan fingerprint density at radius 2 is 1.64 bits per heavy atom. The van der Waals surface area contributed by atoms with Gasteiger partial charge in [-0.15, -0.1) is 11.8 Å². The Morgan fingerprint density at radius 1 is 1.09 bits per heavy atom. The Labute approximate surface area is 89.5 Å². The monoisotopic (exact) mass is 248 g/mol. The summed E-state index contributed by atoms with van der Waals surface area (Å²) in [5, 5.41) is 1.37. The molecule has 1 aliphatic rings. The van der Waals surface area contributed by atoms with Gasteiger partial charge < -0.3 is 0 Å². The minimum atomic E-state index is 0.0965. The van der Waals surface area contributed by atoms with E-state index >= 15 is 0 Å². The SMILES string of the molecule is CC1SC(Cl)=C(Cl)C(Cl)=C1Cl. The summed E-state index contributed by atoms with van der Waals surface area (Å²) in [4.78, 5) is 0. The van der Waals surface area contributed by atoms with E-state index < -0.39 is 0 Å². The molecule has 0 fully saturated rings. The molecule has 0 bridgehead atoms. The second-order valence-corrected chi connectivity index (χ2v) is 5.13. The zero-order chi connectivity index (χ0) is 8.59. The molecule has 62 valence electrons. The van der Waals surface area contributed by atoms with Gasteiger partial charge in [0.05, 0.1) is 19.5 Å². The van der Waals surface area contributed by atoms with Crippen LogP contribution in [0, 0.1) is 0 Å². The highest BCUT2D eigenvalue weighted by Crippen LogP contribution is 2.45. The molecule has 1 heterocycles. The second kappa shape index (κ2) is 3.80. The van der Waals surface area contributed by atoms with Crippen molar-refractivity contribution in [2.24, 2.45) is 0 Å². The van der Waals surface area contributed by atoms with E-state index in [-0.39, 0.29) is 5.25 Å². The molecule has 0 aliphatic carbocycles. The van der Waals surface area contributed by atoms with Crippen molar-refractivity contribution < 1.29 is 0 Å². The number of allylic oxidation sites excluding steroid dienone is 2. The fourth-order valence-corrected chi connectivity index (χ4v) is 2.80. The van der Waals surface area contributed by atoms with Crippen molar-refractivity contribution in [1.29, 1.82) is 0 Å². The number of halogens is 4. The van der Waals surface area contributed by atoms with Crippen LogP contribution in [0.25, 0.3) is 0 Å². The molecule has 0 radical (unpaired) electrons. The molecule has 1 atom stereocenters. The molecule has 1 rings (SSSR count). The van der Waals surface area contributed by atoms with Gasteiger partial charge in [0.25, 0.3) is 0 Å². The Morgan fingerprint density at radius 3 is 2.18 bits per heavy atom. The van der Waals surface area contributed by atoms with Gasteiger partial charge in [0.1, 0.15) is 0 Å². The van der Waals surface area contributed by atoms with Crippen LogP contribution in [0.5, 0.6) is 0 Å². The quantitative estimate of drug-likeness (QED) is 0.611. The Hall–Kier alpha value is 0.990. The minimum absolute atomic E-state index is 0.0965. The van der Waals surface area contributed by atoms with E-state index in [1.54, 1.807) is 0 Å². The van der Waals surface area contributed by atoms with Gasteiger partial charge in [-0.3, -0.25) is 0 Å². The maximum atomic E-state index is 5.83. The maximum Gasteiger partial charge on any atom is 0.0943 e. The minimum Gasteiger partial charge on any atom is -0.103 e. The van der Waals surface area contributed by atoms with Crippen LogP contribution in [0.3, 0.4) is 0 Å². The van der Waals surface area contributed by atoms with Crippen LogP contribution in [-0.4, -0.2) is 5.25 Å². The average molecular weight is 250 g/mol. The lowest BCUT2D eigenvalue weighted by Gasteiger charge is -2.17. The lowest BCUT2D eigenvalue weighted by atomic mass is 10.4. The lowest BCUT2D eigenvalue weighted by Crippen LogP contribution is -2.02. The topological polar surface area (TPSA) is 0 Å². The molecule has 5 heteroatoms. The van der Waals surface area contributed by atoms with E-state index in [0.717, 1.165) is 0 Å². The van der Waals surface area contributed by atoms with Crippen molar-refractivity contribution in [2.45, 2.75) is 12.2 Å². The van der Waals surface area contributed by atoms with Gasteiger partial charge in [-0.05, 0) is 6.92 Å². The number of hydrogen-bond acceptors (Lipinski definition) is 1. The molecule has 0 saturated carbocycles. The first-order chi connectivity index (χ1) is 5.04. The largest absolute Gasteiger partial charge is 0.103 e. The molecule has 0 N–H and O–H groups in total. The van der Waals surface area contributed by atoms with Crippen LogP contribution >= 0.6 is 58.2 Å². The molecule has 0 amide bonds. The number of rotatable bonds is 0. The summed E-state index contributed by atoms with van der Waals surface area (Å²) in [5.74, 6) is 0. The Kier molecular flexibility index (Phi) is 3.48. The van der Waals surface area contributed by atoms with Crippen molar-refractivity contribution in [3.8, 4) is 0 Å². The van der Waals surface area contributed by atoms with Gasteiger partial charge >= 0.3 is 0 Å². The third-order valence-electron chi connectivity index (χ3n) is 1.21. The first kappa shape index (κ1) is 10.1. The summed E-state index contributed by atoms with van der Waals surface area (Å²) in [6.07, 6.45) is 0. The zero-order valence-electron chi connectivity index (χ0n) is 5.50. The van der Waals surface area contributed by atoms with Crippen LogP contribution in [0.4, 0.5) is 0 Å². The summed E-state index contributed by atoms with van der Waals surface area (Å²) >= 11 is 24.5.